The highest BCUT2D eigenvalue weighted by molar-refractivity contribution is 5.55. The number of nitrogens with zero attached hydrogens (tertiary/aromatic N) is 2. The zero-order chi connectivity index (χ0) is 14.0. The van der Waals surface area contributed by atoms with Gasteiger partial charge in [-0.2, -0.15) is 0 Å². The van der Waals surface area contributed by atoms with E-state index in [0.717, 1.165) is 11.3 Å². The second kappa shape index (κ2) is 5.24. The summed E-state index contributed by atoms with van der Waals surface area (Å²) in [6.45, 7) is 3.76. The average molecular weight is 259 g/mol. The van der Waals surface area contributed by atoms with Gasteiger partial charge in [0.1, 0.15) is 5.69 Å². The summed E-state index contributed by atoms with van der Waals surface area (Å²) < 4.78 is 1.83. The normalized spacial score (nSPS) is 12.4. The highest BCUT2D eigenvalue weighted by Crippen LogP contribution is 2.26. The van der Waals surface area contributed by atoms with E-state index in [1.165, 1.54) is 0 Å². The minimum Gasteiger partial charge on any atom is -0.328 e. The molecular formula is C14H17N3O2. The van der Waals surface area contributed by atoms with Gasteiger partial charge in [0.25, 0.3) is 5.69 Å². The van der Waals surface area contributed by atoms with Crippen LogP contribution in [0, 0.1) is 17.0 Å². The quantitative estimate of drug-likeness (QED) is 0.677. The van der Waals surface area contributed by atoms with Gasteiger partial charge in [-0.15, -0.1) is 0 Å². The Bertz CT molecular complexity index is 602. The van der Waals surface area contributed by atoms with E-state index in [1.807, 2.05) is 42.8 Å². The van der Waals surface area contributed by atoms with Gasteiger partial charge in [0.15, 0.2) is 0 Å². The van der Waals surface area contributed by atoms with Crippen LogP contribution in [0.2, 0.25) is 0 Å². The van der Waals surface area contributed by atoms with Crippen LogP contribution in [0.3, 0.4) is 0 Å². The molecule has 0 aliphatic heterocycles. The second-order valence-electron chi connectivity index (χ2n) is 4.80. The summed E-state index contributed by atoms with van der Waals surface area (Å²) >= 11 is 0. The van der Waals surface area contributed by atoms with Crippen molar-refractivity contribution < 1.29 is 4.92 Å². The molecule has 2 rings (SSSR count). The van der Waals surface area contributed by atoms with Gasteiger partial charge in [-0.25, -0.2) is 0 Å². The van der Waals surface area contributed by atoms with Gasteiger partial charge < -0.3 is 10.3 Å². The lowest BCUT2D eigenvalue weighted by atomic mass is 10.1. The minimum atomic E-state index is -0.349. The topological polar surface area (TPSA) is 74.1 Å². The van der Waals surface area contributed by atoms with Crippen molar-refractivity contribution in [2.24, 2.45) is 5.73 Å². The van der Waals surface area contributed by atoms with E-state index in [0.29, 0.717) is 12.1 Å². The molecule has 0 fully saturated rings. The molecule has 0 amide bonds. The van der Waals surface area contributed by atoms with Crippen molar-refractivity contribution in [3.63, 3.8) is 0 Å². The van der Waals surface area contributed by atoms with Crippen LogP contribution in [0.5, 0.6) is 0 Å². The van der Waals surface area contributed by atoms with Crippen LogP contribution in [-0.2, 0) is 6.42 Å². The second-order valence-corrected chi connectivity index (χ2v) is 4.80. The predicted molar refractivity (Wildman–Crippen MR) is 74.5 cm³/mol. The highest BCUT2D eigenvalue weighted by atomic mass is 16.6. The van der Waals surface area contributed by atoms with E-state index >= 15 is 0 Å². The van der Waals surface area contributed by atoms with Crippen molar-refractivity contribution >= 4 is 5.69 Å². The van der Waals surface area contributed by atoms with Gasteiger partial charge in [-0.3, -0.25) is 10.1 Å². The number of benzene rings is 1. The SMILES string of the molecule is Cc1ccc(-n2cccc2CC(C)N)c([N+](=O)[O-])c1. The zero-order valence-corrected chi connectivity index (χ0v) is 11.0. The van der Waals surface area contributed by atoms with E-state index in [2.05, 4.69) is 0 Å². The van der Waals surface area contributed by atoms with Crippen molar-refractivity contribution in [2.45, 2.75) is 26.3 Å². The maximum Gasteiger partial charge on any atom is 0.293 e. The smallest absolute Gasteiger partial charge is 0.293 e. The monoisotopic (exact) mass is 259 g/mol. The van der Waals surface area contributed by atoms with Gasteiger partial charge in [0, 0.05) is 30.4 Å². The van der Waals surface area contributed by atoms with Crippen LogP contribution in [0.25, 0.3) is 5.69 Å². The molecule has 19 heavy (non-hydrogen) atoms. The number of hydrogen-bond acceptors (Lipinski definition) is 3. The Morgan fingerprint density at radius 2 is 2.16 bits per heavy atom. The van der Waals surface area contributed by atoms with Crippen molar-refractivity contribution in [3.05, 3.63) is 57.9 Å². The summed E-state index contributed by atoms with van der Waals surface area (Å²) in [5.74, 6) is 0. The Morgan fingerprint density at radius 3 is 2.79 bits per heavy atom. The molecule has 0 bridgehead atoms. The Labute approximate surface area is 111 Å². The van der Waals surface area contributed by atoms with E-state index in [1.54, 1.807) is 12.1 Å². The first-order chi connectivity index (χ1) is 8.99. The number of nitro groups is 1. The molecule has 0 aliphatic rings. The highest BCUT2D eigenvalue weighted by Gasteiger charge is 2.17. The molecule has 0 aliphatic carbocycles. The largest absolute Gasteiger partial charge is 0.328 e. The molecule has 0 spiro atoms. The molecule has 1 aromatic heterocycles. The van der Waals surface area contributed by atoms with Crippen LogP contribution in [-0.4, -0.2) is 15.5 Å². The van der Waals surface area contributed by atoms with Crippen LogP contribution in [0.4, 0.5) is 5.69 Å². The molecule has 0 saturated heterocycles. The van der Waals surface area contributed by atoms with Crippen LogP contribution in [0.15, 0.2) is 36.5 Å². The lowest BCUT2D eigenvalue weighted by Crippen LogP contribution is -2.19. The lowest BCUT2D eigenvalue weighted by Gasteiger charge is -2.12. The molecule has 5 nitrogen and oxygen atoms in total. The van der Waals surface area contributed by atoms with Gasteiger partial charge >= 0.3 is 0 Å². The van der Waals surface area contributed by atoms with E-state index in [-0.39, 0.29) is 16.7 Å². The molecule has 1 atom stereocenters. The lowest BCUT2D eigenvalue weighted by molar-refractivity contribution is -0.384. The number of nitrogens with two attached hydrogens (primary N) is 1. The van der Waals surface area contributed by atoms with E-state index in [9.17, 15) is 10.1 Å². The fourth-order valence-electron chi connectivity index (χ4n) is 2.13. The number of hydrogen-bond donors (Lipinski definition) is 1. The van der Waals surface area contributed by atoms with Crippen molar-refractivity contribution in [1.82, 2.24) is 4.57 Å². The van der Waals surface area contributed by atoms with Gasteiger partial charge in [-0.05, 0) is 37.6 Å². The maximum atomic E-state index is 11.2. The minimum absolute atomic E-state index is 0.0122. The van der Waals surface area contributed by atoms with Crippen molar-refractivity contribution in [2.75, 3.05) is 0 Å². The molecular weight excluding hydrogens is 242 g/mol. The maximum absolute atomic E-state index is 11.2. The first-order valence-electron chi connectivity index (χ1n) is 6.16. The molecule has 0 radical (unpaired) electrons. The Hall–Kier alpha value is -2.14. The zero-order valence-electron chi connectivity index (χ0n) is 11.0. The molecule has 1 unspecified atom stereocenters. The van der Waals surface area contributed by atoms with Gasteiger partial charge in [0.05, 0.1) is 4.92 Å². The molecule has 100 valence electrons. The number of rotatable bonds is 4. The summed E-state index contributed by atoms with van der Waals surface area (Å²) in [5, 5.41) is 11.2. The molecule has 0 saturated carbocycles. The van der Waals surface area contributed by atoms with Crippen LogP contribution >= 0.6 is 0 Å². The van der Waals surface area contributed by atoms with E-state index in [4.69, 9.17) is 5.73 Å². The van der Waals surface area contributed by atoms with Crippen LogP contribution < -0.4 is 5.73 Å². The van der Waals surface area contributed by atoms with Crippen molar-refractivity contribution in [1.29, 1.82) is 0 Å². The fraction of sp³-hybridized carbons (Fsp3) is 0.286. The average Bonchev–Trinajstić information content (AvgIpc) is 2.76. The summed E-state index contributed by atoms with van der Waals surface area (Å²) in [6, 6.07) is 9.06. The van der Waals surface area contributed by atoms with Crippen molar-refractivity contribution in [3.8, 4) is 5.69 Å². The Morgan fingerprint density at radius 1 is 1.42 bits per heavy atom. The third-order valence-electron chi connectivity index (χ3n) is 2.95. The Balaban J connectivity index is 2.53. The number of aryl methyl sites for hydroxylation is 1. The van der Waals surface area contributed by atoms with Gasteiger partial charge in [-0.1, -0.05) is 6.07 Å². The van der Waals surface area contributed by atoms with Gasteiger partial charge in [0.2, 0.25) is 0 Å². The molecule has 2 N–H and O–H groups in total. The molecule has 1 heterocycles. The summed E-state index contributed by atoms with van der Waals surface area (Å²) in [7, 11) is 0. The predicted octanol–water partition coefficient (Wildman–Crippen LogP) is 2.58. The molecule has 5 heteroatoms. The first kappa shape index (κ1) is 13.3. The first-order valence-corrected chi connectivity index (χ1v) is 6.16. The van der Waals surface area contributed by atoms with Crippen LogP contribution in [0.1, 0.15) is 18.2 Å². The fourth-order valence-corrected chi connectivity index (χ4v) is 2.13. The standard InChI is InChI=1S/C14H17N3O2/c1-10-5-6-13(14(8-10)17(18)19)16-7-3-4-12(16)9-11(2)15/h3-8,11H,9,15H2,1-2H3. The third kappa shape index (κ3) is 2.82. The van der Waals surface area contributed by atoms with E-state index < -0.39 is 0 Å². The summed E-state index contributed by atoms with van der Waals surface area (Å²) in [6.07, 6.45) is 2.51. The Kier molecular flexibility index (Phi) is 3.66. The summed E-state index contributed by atoms with van der Waals surface area (Å²) in [4.78, 5) is 10.8. The number of nitro benzene ring substituents is 1. The number of aromatic nitrogens is 1. The third-order valence-corrected chi connectivity index (χ3v) is 2.95. The molecule has 1 aromatic carbocycles. The molecule has 2 aromatic rings. The summed E-state index contributed by atoms with van der Waals surface area (Å²) in [5.41, 5.74) is 8.34.